The van der Waals surface area contributed by atoms with Crippen LogP contribution in [0.15, 0.2) is 18.2 Å². The third-order valence-corrected chi connectivity index (χ3v) is 3.13. The minimum absolute atomic E-state index is 0.121. The van der Waals surface area contributed by atoms with Crippen molar-refractivity contribution >= 4 is 11.6 Å². The first-order valence-electron chi connectivity index (χ1n) is 5.73. The van der Waals surface area contributed by atoms with Crippen LogP contribution in [0.4, 0.5) is 0 Å². The molecule has 1 aliphatic heterocycles. The Kier molecular flexibility index (Phi) is 3.24. The van der Waals surface area contributed by atoms with Gasteiger partial charge in [-0.2, -0.15) is 0 Å². The van der Waals surface area contributed by atoms with Crippen LogP contribution in [0.25, 0.3) is 0 Å². The Morgan fingerprint density at radius 1 is 1.38 bits per heavy atom. The maximum Gasteiger partial charge on any atom is 0.0408 e. The average molecular weight is 239 g/mol. The largest absolute Gasteiger partial charge is 0.324 e. The molecule has 1 aromatic carbocycles. The van der Waals surface area contributed by atoms with Gasteiger partial charge in [-0.25, -0.2) is 0 Å². The van der Waals surface area contributed by atoms with E-state index in [-0.39, 0.29) is 5.54 Å². The van der Waals surface area contributed by atoms with Crippen LogP contribution in [0.5, 0.6) is 0 Å². The van der Waals surface area contributed by atoms with Gasteiger partial charge in [-0.05, 0) is 43.5 Å². The number of fused-ring (bicyclic) bond motifs is 1. The van der Waals surface area contributed by atoms with Gasteiger partial charge in [0.25, 0.3) is 0 Å². The zero-order chi connectivity index (χ0) is 11.8. The summed E-state index contributed by atoms with van der Waals surface area (Å²) < 4.78 is 0. The van der Waals surface area contributed by atoms with E-state index in [2.05, 4.69) is 30.9 Å². The fourth-order valence-electron chi connectivity index (χ4n) is 2.29. The Morgan fingerprint density at radius 3 is 2.81 bits per heavy atom. The second-order valence-corrected chi connectivity index (χ2v) is 5.80. The number of benzene rings is 1. The molecule has 0 fully saturated rings. The molecule has 0 atom stereocenters. The molecule has 0 radical (unpaired) electrons. The fraction of sp³-hybridized carbons (Fsp3) is 0.538. The van der Waals surface area contributed by atoms with Gasteiger partial charge in [0.1, 0.15) is 0 Å². The van der Waals surface area contributed by atoms with Crippen molar-refractivity contribution in [3.63, 3.8) is 0 Å². The highest BCUT2D eigenvalue weighted by atomic mass is 35.5. The van der Waals surface area contributed by atoms with Crippen LogP contribution in [-0.4, -0.2) is 23.5 Å². The topological polar surface area (TPSA) is 29.3 Å². The van der Waals surface area contributed by atoms with Gasteiger partial charge < -0.3 is 5.73 Å². The average Bonchev–Trinajstić information content (AvgIpc) is 2.16. The maximum atomic E-state index is 6.05. The van der Waals surface area contributed by atoms with E-state index >= 15 is 0 Å². The summed E-state index contributed by atoms with van der Waals surface area (Å²) in [6.07, 6.45) is 1.08. The molecule has 1 aliphatic rings. The zero-order valence-electron chi connectivity index (χ0n) is 9.96. The van der Waals surface area contributed by atoms with E-state index in [1.54, 1.807) is 0 Å². The molecule has 1 aromatic rings. The predicted molar refractivity (Wildman–Crippen MR) is 68.7 cm³/mol. The van der Waals surface area contributed by atoms with Crippen molar-refractivity contribution in [1.29, 1.82) is 0 Å². The molecule has 1 heterocycles. The lowest BCUT2D eigenvalue weighted by atomic mass is 9.98. The van der Waals surface area contributed by atoms with Crippen molar-refractivity contribution in [3.05, 3.63) is 34.3 Å². The molecule has 2 N–H and O–H groups in total. The van der Waals surface area contributed by atoms with Gasteiger partial charge in [0.15, 0.2) is 0 Å². The zero-order valence-corrected chi connectivity index (χ0v) is 10.7. The quantitative estimate of drug-likeness (QED) is 0.858. The second-order valence-electron chi connectivity index (χ2n) is 5.36. The van der Waals surface area contributed by atoms with Crippen LogP contribution in [0, 0.1) is 0 Å². The highest BCUT2D eigenvalue weighted by Gasteiger charge is 2.21. The van der Waals surface area contributed by atoms with E-state index in [1.807, 2.05) is 6.07 Å². The molecule has 2 nitrogen and oxygen atoms in total. The number of nitrogens with zero attached hydrogens (tertiary/aromatic N) is 1. The standard InChI is InChI=1S/C13H19ClN2/c1-13(2,15)9-16-6-5-10-7-12(14)4-3-11(10)8-16/h3-4,7H,5-6,8-9,15H2,1-2H3. The maximum absolute atomic E-state index is 6.05. The molecule has 0 spiro atoms. The van der Waals surface area contributed by atoms with Gasteiger partial charge in [-0.1, -0.05) is 17.7 Å². The van der Waals surface area contributed by atoms with Crippen molar-refractivity contribution < 1.29 is 0 Å². The van der Waals surface area contributed by atoms with E-state index in [0.29, 0.717) is 0 Å². The van der Waals surface area contributed by atoms with E-state index < -0.39 is 0 Å². The van der Waals surface area contributed by atoms with Gasteiger partial charge in [0.2, 0.25) is 0 Å². The van der Waals surface area contributed by atoms with Crippen molar-refractivity contribution in [2.45, 2.75) is 32.4 Å². The first-order valence-corrected chi connectivity index (χ1v) is 6.10. The van der Waals surface area contributed by atoms with E-state index in [0.717, 1.165) is 31.1 Å². The Bertz CT molecular complexity index is 382. The van der Waals surface area contributed by atoms with Crippen molar-refractivity contribution in [2.24, 2.45) is 5.73 Å². The molecule has 0 aromatic heterocycles. The number of halogens is 1. The highest BCUT2D eigenvalue weighted by Crippen LogP contribution is 2.23. The Hall–Kier alpha value is -0.570. The van der Waals surface area contributed by atoms with Gasteiger partial charge in [0.05, 0.1) is 0 Å². The monoisotopic (exact) mass is 238 g/mol. The number of rotatable bonds is 2. The van der Waals surface area contributed by atoms with Crippen LogP contribution in [-0.2, 0) is 13.0 Å². The van der Waals surface area contributed by atoms with Gasteiger partial charge in [0, 0.05) is 30.2 Å². The van der Waals surface area contributed by atoms with Crippen LogP contribution < -0.4 is 5.73 Å². The lowest BCUT2D eigenvalue weighted by molar-refractivity contribution is 0.209. The molecule has 2 rings (SSSR count). The Balaban J connectivity index is 2.09. The molecule has 0 unspecified atom stereocenters. The summed E-state index contributed by atoms with van der Waals surface area (Å²) in [6.45, 7) is 7.16. The van der Waals surface area contributed by atoms with Crippen LogP contribution in [0.1, 0.15) is 25.0 Å². The van der Waals surface area contributed by atoms with Crippen molar-refractivity contribution in [1.82, 2.24) is 4.90 Å². The molecule has 0 bridgehead atoms. The van der Waals surface area contributed by atoms with Crippen LogP contribution in [0.3, 0.4) is 0 Å². The summed E-state index contributed by atoms with van der Waals surface area (Å²) in [5, 5.41) is 0.839. The number of nitrogens with two attached hydrogens (primary N) is 1. The van der Waals surface area contributed by atoms with Gasteiger partial charge in [-0.15, -0.1) is 0 Å². The summed E-state index contributed by atoms with van der Waals surface area (Å²) in [5.41, 5.74) is 8.70. The molecule has 0 saturated heterocycles. The second kappa shape index (κ2) is 4.36. The third kappa shape index (κ3) is 2.97. The van der Waals surface area contributed by atoms with E-state index in [1.165, 1.54) is 11.1 Å². The molecule has 0 aliphatic carbocycles. The summed E-state index contributed by atoms with van der Waals surface area (Å²) in [7, 11) is 0. The SMILES string of the molecule is CC(C)(N)CN1CCc2cc(Cl)ccc2C1. The summed E-state index contributed by atoms with van der Waals surface area (Å²) >= 11 is 5.99. The lowest BCUT2D eigenvalue weighted by Crippen LogP contribution is -2.46. The molecule has 0 amide bonds. The van der Waals surface area contributed by atoms with Gasteiger partial charge >= 0.3 is 0 Å². The minimum Gasteiger partial charge on any atom is -0.324 e. The first kappa shape index (κ1) is 11.9. The molecule has 3 heteroatoms. The Labute approximate surface area is 102 Å². The van der Waals surface area contributed by atoms with E-state index in [4.69, 9.17) is 17.3 Å². The number of hydrogen-bond acceptors (Lipinski definition) is 2. The van der Waals surface area contributed by atoms with Crippen LogP contribution >= 0.6 is 11.6 Å². The molecular formula is C13H19ClN2. The normalized spacial score (nSPS) is 17.2. The smallest absolute Gasteiger partial charge is 0.0408 e. The molecular weight excluding hydrogens is 220 g/mol. The van der Waals surface area contributed by atoms with E-state index in [9.17, 15) is 0 Å². The molecule has 16 heavy (non-hydrogen) atoms. The van der Waals surface area contributed by atoms with Crippen LogP contribution in [0.2, 0.25) is 5.02 Å². The van der Waals surface area contributed by atoms with Crippen molar-refractivity contribution in [3.8, 4) is 0 Å². The predicted octanol–water partition coefficient (Wildman–Crippen LogP) is 2.44. The summed E-state index contributed by atoms with van der Waals surface area (Å²) in [5.74, 6) is 0. The van der Waals surface area contributed by atoms with Crippen molar-refractivity contribution in [2.75, 3.05) is 13.1 Å². The third-order valence-electron chi connectivity index (χ3n) is 2.89. The minimum atomic E-state index is -0.121. The van der Waals surface area contributed by atoms with Gasteiger partial charge in [-0.3, -0.25) is 4.90 Å². The summed E-state index contributed by atoms with van der Waals surface area (Å²) in [4.78, 5) is 2.41. The molecule has 0 saturated carbocycles. The number of hydrogen-bond donors (Lipinski definition) is 1. The fourth-order valence-corrected chi connectivity index (χ4v) is 2.49. The summed E-state index contributed by atoms with van der Waals surface area (Å²) in [6, 6.07) is 6.19. The Morgan fingerprint density at radius 2 is 2.12 bits per heavy atom. The lowest BCUT2D eigenvalue weighted by Gasteiger charge is -2.33. The first-order chi connectivity index (χ1) is 7.44. The molecule has 88 valence electrons. The highest BCUT2D eigenvalue weighted by molar-refractivity contribution is 6.30.